The lowest BCUT2D eigenvalue weighted by molar-refractivity contribution is -0.122. The van der Waals surface area contributed by atoms with E-state index in [0.717, 1.165) is 0 Å². The highest BCUT2D eigenvalue weighted by Gasteiger charge is 2.30. The molecular formula is C12H24N2O2. The largest absolute Gasteiger partial charge is 0.396 e. The fourth-order valence-electron chi connectivity index (χ4n) is 1.88. The van der Waals surface area contributed by atoms with Gasteiger partial charge in [-0.1, -0.05) is 13.8 Å². The van der Waals surface area contributed by atoms with Crippen LogP contribution in [0.5, 0.6) is 0 Å². The van der Waals surface area contributed by atoms with E-state index in [2.05, 4.69) is 5.32 Å². The second-order valence-corrected chi connectivity index (χ2v) is 5.14. The number of rotatable bonds is 7. The maximum absolute atomic E-state index is 11.7. The van der Waals surface area contributed by atoms with E-state index in [4.69, 9.17) is 10.8 Å². The summed E-state index contributed by atoms with van der Waals surface area (Å²) in [5.74, 6) is 0.917. The number of carbonyl (C=O) groups is 1. The second kappa shape index (κ2) is 6.21. The summed E-state index contributed by atoms with van der Waals surface area (Å²) in [6.45, 7) is 4.20. The predicted octanol–water partition coefficient (Wildman–Crippen LogP) is 0.637. The van der Waals surface area contributed by atoms with Crippen LogP contribution in [0.15, 0.2) is 0 Å². The fraction of sp³-hybridized carbons (Fsp3) is 0.917. The molecule has 1 fully saturated rings. The van der Waals surface area contributed by atoms with Gasteiger partial charge in [0.15, 0.2) is 0 Å². The Kier molecular flexibility index (Phi) is 5.22. The van der Waals surface area contributed by atoms with E-state index in [1.54, 1.807) is 0 Å². The molecule has 1 aliphatic rings. The number of hydrogen-bond donors (Lipinski definition) is 3. The topological polar surface area (TPSA) is 75.3 Å². The van der Waals surface area contributed by atoms with Crippen molar-refractivity contribution in [3.8, 4) is 0 Å². The molecule has 1 amide bonds. The van der Waals surface area contributed by atoms with Crippen molar-refractivity contribution in [1.82, 2.24) is 5.32 Å². The summed E-state index contributed by atoms with van der Waals surface area (Å²) in [7, 11) is 0. The lowest BCUT2D eigenvalue weighted by atomic mass is 10.0. The molecule has 4 nitrogen and oxygen atoms in total. The summed E-state index contributed by atoms with van der Waals surface area (Å²) in [6, 6.07) is 0.0749. The summed E-state index contributed by atoms with van der Waals surface area (Å²) in [5.41, 5.74) is 5.90. The van der Waals surface area contributed by atoms with Crippen molar-refractivity contribution in [1.29, 1.82) is 0 Å². The zero-order valence-electron chi connectivity index (χ0n) is 10.3. The van der Waals surface area contributed by atoms with Crippen LogP contribution in [0, 0.1) is 11.8 Å². The standard InChI is InChI=1S/C12H24N2O2/c1-8(2)11(5-6-15)14-12(16)7-10(13)9-3-4-9/h8-11,15H,3-7,13H2,1-2H3,(H,14,16). The van der Waals surface area contributed by atoms with Gasteiger partial charge in [-0.15, -0.1) is 0 Å². The molecule has 0 aromatic rings. The zero-order valence-corrected chi connectivity index (χ0v) is 10.3. The molecule has 2 unspecified atom stereocenters. The van der Waals surface area contributed by atoms with Crippen LogP contribution in [-0.4, -0.2) is 29.7 Å². The average molecular weight is 228 g/mol. The first-order chi connectivity index (χ1) is 7.54. The maximum atomic E-state index is 11.7. The smallest absolute Gasteiger partial charge is 0.221 e. The van der Waals surface area contributed by atoms with E-state index in [1.807, 2.05) is 13.8 Å². The van der Waals surface area contributed by atoms with E-state index in [-0.39, 0.29) is 24.6 Å². The Morgan fingerprint density at radius 3 is 2.56 bits per heavy atom. The van der Waals surface area contributed by atoms with Crippen molar-refractivity contribution in [2.45, 2.75) is 51.6 Å². The number of nitrogens with two attached hydrogens (primary N) is 1. The fourth-order valence-corrected chi connectivity index (χ4v) is 1.88. The van der Waals surface area contributed by atoms with Gasteiger partial charge in [0, 0.05) is 25.1 Å². The molecule has 1 rings (SSSR count). The molecule has 0 saturated heterocycles. The molecule has 94 valence electrons. The minimum absolute atomic E-state index is 0.0157. The normalized spacial score (nSPS) is 19.6. The highest BCUT2D eigenvalue weighted by Crippen LogP contribution is 2.32. The number of aliphatic hydroxyl groups is 1. The Balaban J connectivity index is 2.29. The lowest BCUT2D eigenvalue weighted by Gasteiger charge is -2.22. The van der Waals surface area contributed by atoms with Crippen LogP contribution >= 0.6 is 0 Å². The van der Waals surface area contributed by atoms with Gasteiger partial charge in [-0.2, -0.15) is 0 Å². The van der Waals surface area contributed by atoms with E-state index >= 15 is 0 Å². The van der Waals surface area contributed by atoms with Gasteiger partial charge in [0.25, 0.3) is 0 Å². The summed E-state index contributed by atoms with van der Waals surface area (Å²) in [6.07, 6.45) is 3.36. The molecule has 0 heterocycles. The highest BCUT2D eigenvalue weighted by molar-refractivity contribution is 5.77. The van der Waals surface area contributed by atoms with E-state index in [1.165, 1.54) is 12.8 Å². The number of hydrogen-bond acceptors (Lipinski definition) is 3. The van der Waals surface area contributed by atoms with Gasteiger partial charge in [0.05, 0.1) is 0 Å². The summed E-state index contributed by atoms with van der Waals surface area (Å²) in [4.78, 5) is 11.7. The van der Waals surface area contributed by atoms with Gasteiger partial charge in [0.1, 0.15) is 0 Å². The van der Waals surface area contributed by atoms with Gasteiger partial charge in [-0.05, 0) is 31.1 Å². The summed E-state index contributed by atoms with van der Waals surface area (Å²) in [5, 5.41) is 11.9. The average Bonchev–Trinajstić information content (AvgIpc) is 2.99. The van der Waals surface area contributed by atoms with Gasteiger partial charge in [-0.25, -0.2) is 0 Å². The number of nitrogens with one attached hydrogen (secondary N) is 1. The van der Waals surface area contributed by atoms with Crippen molar-refractivity contribution < 1.29 is 9.90 Å². The molecule has 1 saturated carbocycles. The minimum atomic E-state index is 0.0157. The molecule has 16 heavy (non-hydrogen) atoms. The Morgan fingerprint density at radius 1 is 1.50 bits per heavy atom. The van der Waals surface area contributed by atoms with Gasteiger partial charge < -0.3 is 16.2 Å². The second-order valence-electron chi connectivity index (χ2n) is 5.14. The SMILES string of the molecule is CC(C)C(CCO)NC(=O)CC(N)C1CC1. The minimum Gasteiger partial charge on any atom is -0.396 e. The van der Waals surface area contributed by atoms with Gasteiger partial charge in [0.2, 0.25) is 5.91 Å². The van der Waals surface area contributed by atoms with Crippen LogP contribution in [0.3, 0.4) is 0 Å². The maximum Gasteiger partial charge on any atom is 0.221 e. The van der Waals surface area contributed by atoms with Gasteiger partial charge >= 0.3 is 0 Å². The molecule has 2 atom stereocenters. The first-order valence-electron chi connectivity index (χ1n) is 6.20. The van der Waals surface area contributed by atoms with Crippen LogP contribution in [0.4, 0.5) is 0 Å². The van der Waals surface area contributed by atoms with Crippen LogP contribution in [0.25, 0.3) is 0 Å². The molecule has 1 aliphatic carbocycles. The number of carbonyl (C=O) groups excluding carboxylic acids is 1. The van der Waals surface area contributed by atoms with Crippen LogP contribution in [0.2, 0.25) is 0 Å². The summed E-state index contributed by atoms with van der Waals surface area (Å²) >= 11 is 0. The number of amides is 1. The van der Waals surface area contributed by atoms with E-state index < -0.39 is 0 Å². The van der Waals surface area contributed by atoms with E-state index in [9.17, 15) is 4.79 Å². The predicted molar refractivity (Wildman–Crippen MR) is 63.8 cm³/mol. The van der Waals surface area contributed by atoms with Crippen LogP contribution in [-0.2, 0) is 4.79 Å². The molecular weight excluding hydrogens is 204 g/mol. The molecule has 0 aromatic heterocycles. The van der Waals surface area contributed by atoms with Crippen LogP contribution < -0.4 is 11.1 Å². The first kappa shape index (κ1) is 13.5. The molecule has 0 spiro atoms. The molecule has 0 radical (unpaired) electrons. The Hall–Kier alpha value is -0.610. The molecule has 4 heteroatoms. The Bertz CT molecular complexity index is 227. The van der Waals surface area contributed by atoms with E-state index in [0.29, 0.717) is 24.7 Å². The van der Waals surface area contributed by atoms with Crippen molar-refractivity contribution in [2.75, 3.05) is 6.61 Å². The van der Waals surface area contributed by atoms with Crippen molar-refractivity contribution in [2.24, 2.45) is 17.6 Å². The summed E-state index contributed by atoms with van der Waals surface area (Å²) < 4.78 is 0. The quantitative estimate of drug-likeness (QED) is 0.598. The zero-order chi connectivity index (χ0) is 12.1. The third kappa shape index (κ3) is 4.49. The van der Waals surface area contributed by atoms with Crippen molar-refractivity contribution >= 4 is 5.91 Å². The van der Waals surface area contributed by atoms with Crippen molar-refractivity contribution in [3.63, 3.8) is 0 Å². The molecule has 0 aliphatic heterocycles. The Labute approximate surface area is 97.6 Å². The third-order valence-electron chi connectivity index (χ3n) is 3.24. The highest BCUT2D eigenvalue weighted by atomic mass is 16.3. The third-order valence-corrected chi connectivity index (χ3v) is 3.24. The molecule has 0 bridgehead atoms. The first-order valence-corrected chi connectivity index (χ1v) is 6.20. The van der Waals surface area contributed by atoms with Crippen molar-refractivity contribution in [3.05, 3.63) is 0 Å². The Morgan fingerprint density at radius 2 is 2.12 bits per heavy atom. The van der Waals surface area contributed by atoms with Gasteiger partial charge in [-0.3, -0.25) is 4.79 Å². The molecule has 0 aromatic carbocycles. The monoisotopic (exact) mass is 228 g/mol. The molecule has 4 N–H and O–H groups in total. The lowest BCUT2D eigenvalue weighted by Crippen LogP contribution is -2.42. The van der Waals surface area contributed by atoms with Crippen LogP contribution in [0.1, 0.15) is 39.5 Å². The number of aliphatic hydroxyl groups excluding tert-OH is 1.